The van der Waals surface area contributed by atoms with Crippen molar-refractivity contribution in [1.82, 2.24) is 4.98 Å². The highest BCUT2D eigenvalue weighted by Crippen LogP contribution is 2.14. The second-order valence-electron chi connectivity index (χ2n) is 2.86. The number of hydrogen-bond donors (Lipinski definition) is 0. The number of benzene rings is 1. The molecule has 1 aromatic carbocycles. The maximum Gasteiger partial charge on any atom is 0.233 e. The van der Waals surface area contributed by atoms with Crippen molar-refractivity contribution >= 4 is 28.4 Å². The summed E-state index contributed by atoms with van der Waals surface area (Å²) in [5, 5.41) is 0.493. The SMILES string of the molecule is CC(=S)OCc1nc2ccccc2o1. The number of thiocarbonyl (C=S) groups is 1. The van der Waals surface area contributed by atoms with E-state index in [9.17, 15) is 0 Å². The van der Waals surface area contributed by atoms with Gasteiger partial charge in [0.1, 0.15) is 5.52 Å². The van der Waals surface area contributed by atoms with Crippen molar-refractivity contribution in [2.24, 2.45) is 0 Å². The Hall–Kier alpha value is -1.42. The number of para-hydroxylation sites is 2. The number of fused-ring (bicyclic) bond motifs is 1. The van der Waals surface area contributed by atoms with Gasteiger partial charge >= 0.3 is 0 Å². The topological polar surface area (TPSA) is 35.3 Å². The quantitative estimate of drug-likeness (QED) is 0.709. The van der Waals surface area contributed by atoms with Crippen molar-refractivity contribution < 1.29 is 9.15 Å². The molecule has 0 saturated carbocycles. The molecule has 0 bridgehead atoms. The third-order valence-electron chi connectivity index (χ3n) is 1.74. The normalized spacial score (nSPS) is 10.4. The summed E-state index contributed by atoms with van der Waals surface area (Å²) >= 11 is 4.78. The fourth-order valence-electron chi connectivity index (χ4n) is 1.15. The lowest BCUT2D eigenvalue weighted by molar-refractivity contribution is 0.259. The zero-order chi connectivity index (χ0) is 9.97. The van der Waals surface area contributed by atoms with Crippen LogP contribution >= 0.6 is 12.2 Å². The first-order valence-electron chi connectivity index (χ1n) is 4.23. The second kappa shape index (κ2) is 3.75. The summed E-state index contributed by atoms with van der Waals surface area (Å²) in [5.74, 6) is 0.551. The van der Waals surface area contributed by atoms with Crippen LogP contribution in [0.15, 0.2) is 28.7 Å². The van der Waals surface area contributed by atoms with E-state index in [0.717, 1.165) is 11.1 Å². The van der Waals surface area contributed by atoms with Gasteiger partial charge in [-0.3, -0.25) is 0 Å². The Morgan fingerprint density at radius 3 is 3.00 bits per heavy atom. The monoisotopic (exact) mass is 207 g/mol. The summed E-state index contributed by atoms with van der Waals surface area (Å²) in [6.45, 7) is 2.02. The Bertz CT molecular complexity index is 431. The summed E-state index contributed by atoms with van der Waals surface area (Å²) in [7, 11) is 0. The lowest BCUT2D eigenvalue weighted by Gasteiger charge is -1.97. The molecule has 0 aliphatic carbocycles. The molecule has 0 amide bonds. The molecule has 0 radical (unpaired) electrons. The van der Waals surface area contributed by atoms with Gasteiger partial charge in [0.2, 0.25) is 5.89 Å². The highest BCUT2D eigenvalue weighted by molar-refractivity contribution is 7.80. The number of ether oxygens (including phenoxy) is 1. The molecule has 2 aromatic rings. The molecular weight excluding hydrogens is 198 g/mol. The first-order valence-corrected chi connectivity index (χ1v) is 4.64. The number of oxazole rings is 1. The van der Waals surface area contributed by atoms with Crippen molar-refractivity contribution in [2.75, 3.05) is 0 Å². The van der Waals surface area contributed by atoms with E-state index in [1.807, 2.05) is 24.3 Å². The summed E-state index contributed by atoms with van der Waals surface area (Å²) < 4.78 is 10.6. The van der Waals surface area contributed by atoms with Crippen LogP contribution in [0.25, 0.3) is 11.1 Å². The summed E-state index contributed by atoms with van der Waals surface area (Å²) in [4.78, 5) is 4.23. The van der Waals surface area contributed by atoms with E-state index in [2.05, 4.69) is 4.98 Å². The van der Waals surface area contributed by atoms with E-state index < -0.39 is 0 Å². The molecule has 1 heterocycles. The molecule has 1 aromatic heterocycles. The lowest BCUT2D eigenvalue weighted by Crippen LogP contribution is -1.96. The highest BCUT2D eigenvalue weighted by atomic mass is 32.1. The first-order chi connectivity index (χ1) is 6.75. The molecule has 3 nitrogen and oxygen atoms in total. The van der Waals surface area contributed by atoms with Crippen LogP contribution < -0.4 is 0 Å². The number of aromatic nitrogens is 1. The van der Waals surface area contributed by atoms with Crippen LogP contribution in [-0.2, 0) is 11.3 Å². The summed E-state index contributed by atoms with van der Waals surface area (Å²) in [6.07, 6.45) is 0. The molecular formula is C10H9NO2S. The predicted molar refractivity (Wildman–Crippen MR) is 57.1 cm³/mol. The highest BCUT2D eigenvalue weighted by Gasteiger charge is 2.04. The minimum atomic E-state index is 0.296. The second-order valence-corrected chi connectivity index (χ2v) is 3.43. The fraction of sp³-hybridized carbons (Fsp3) is 0.200. The smallest absolute Gasteiger partial charge is 0.233 e. The number of hydrogen-bond acceptors (Lipinski definition) is 4. The molecule has 14 heavy (non-hydrogen) atoms. The Morgan fingerprint density at radius 2 is 2.29 bits per heavy atom. The molecule has 0 spiro atoms. The molecule has 72 valence electrons. The number of nitrogens with zero attached hydrogens (tertiary/aromatic N) is 1. The van der Waals surface area contributed by atoms with E-state index in [4.69, 9.17) is 21.4 Å². The van der Waals surface area contributed by atoms with Crippen molar-refractivity contribution in [1.29, 1.82) is 0 Å². The average molecular weight is 207 g/mol. The van der Waals surface area contributed by atoms with Gasteiger partial charge in [-0.15, -0.1) is 0 Å². The van der Waals surface area contributed by atoms with Crippen molar-refractivity contribution in [3.63, 3.8) is 0 Å². The van der Waals surface area contributed by atoms with Gasteiger partial charge in [-0.05, 0) is 24.4 Å². The molecule has 0 N–H and O–H groups in total. The van der Waals surface area contributed by atoms with Crippen molar-refractivity contribution in [2.45, 2.75) is 13.5 Å². The first kappa shape index (κ1) is 9.15. The largest absolute Gasteiger partial charge is 0.478 e. The molecule has 4 heteroatoms. The van der Waals surface area contributed by atoms with Crippen LogP contribution in [0.2, 0.25) is 0 Å². The van der Waals surface area contributed by atoms with Crippen LogP contribution in [0.3, 0.4) is 0 Å². The van der Waals surface area contributed by atoms with Gasteiger partial charge in [-0.2, -0.15) is 0 Å². The Kier molecular flexibility index (Phi) is 2.45. The van der Waals surface area contributed by atoms with E-state index in [-0.39, 0.29) is 0 Å². The summed E-state index contributed by atoms with van der Waals surface area (Å²) in [6, 6.07) is 7.59. The Morgan fingerprint density at radius 1 is 1.50 bits per heavy atom. The van der Waals surface area contributed by atoms with Crippen LogP contribution in [0, 0.1) is 0 Å². The van der Waals surface area contributed by atoms with Gasteiger partial charge in [-0.25, -0.2) is 4.98 Å². The van der Waals surface area contributed by atoms with E-state index >= 15 is 0 Å². The molecule has 0 fully saturated rings. The lowest BCUT2D eigenvalue weighted by atomic mass is 10.3. The average Bonchev–Trinajstić information content (AvgIpc) is 2.57. The molecule has 0 aliphatic heterocycles. The van der Waals surface area contributed by atoms with E-state index in [1.165, 1.54) is 0 Å². The van der Waals surface area contributed by atoms with Crippen molar-refractivity contribution in [3.05, 3.63) is 30.2 Å². The molecule has 2 rings (SSSR count). The minimum absolute atomic E-state index is 0.296. The maximum atomic E-state index is 5.42. The molecule has 0 aliphatic rings. The van der Waals surface area contributed by atoms with E-state index in [0.29, 0.717) is 17.5 Å². The van der Waals surface area contributed by atoms with Gasteiger partial charge in [0.05, 0.1) is 0 Å². The van der Waals surface area contributed by atoms with Gasteiger partial charge < -0.3 is 9.15 Å². The van der Waals surface area contributed by atoms with Crippen LogP contribution in [-0.4, -0.2) is 10.0 Å². The van der Waals surface area contributed by atoms with Crippen LogP contribution in [0.5, 0.6) is 0 Å². The van der Waals surface area contributed by atoms with Crippen LogP contribution in [0.1, 0.15) is 12.8 Å². The van der Waals surface area contributed by atoms with Crippen molar-refractivity contribution in [3.8, 4) is 0 Å². The van der Waals surface area contributed by atoms with Crippen LogP contribution in [0.4, 0.5) is 0 Å². The predicted octanol–water partition coefficient (Wildman–Crippen LogP) is 2.69. The standard InChI is InChI=1S/C10H9NO2S/c1-7(14)12-6-10-11-8-4-2-3-5-9(8)13-10/h2-5H,6H2,1H3. The van der Waals surface area contributed by atoms with Gasteiger partial charge in [0.25, 0.3) is 0 Å². The molecule has 0 saturated heterocycles. The van der Waals surface area contributed by atoms with Gasteiger partial charge in [0.15, 0.2) is 17.2 Å². The maximum absolute atomic E-state index is 5.42. The third-order valence-corrected chi connectivity index (χ3v) is 1.85. The van der Waals surface area contributed by atoms with Gasteiger partial charge in [0, 0.05) is 6.92 Å². The molecule has 0 atom stereocenters. The third kappa shape index (κ3) is 1.90. The molecule has 0 unspecified atom stereocenters. The Labute approximate surface area is 86.7 Å². The Balaban J connectivity index is 2.22. The zero-order valence-electron chi connectivity index (χ0n) is 7.69. The number of rotatable bonds is 2. The van der Waals surface area contributed by atoms with E-state index in [1.54, 1.807) is 6.92 Å². The fourth-order valence-corrected chi connectivity index (χ4v) is 1.20. The zero-order valence-corrected chi connectivity index (χ0v) is 8.50. The minimum Gasteiger partial charge on any atom is -0.478 e. The van der Waals surface area contributed by atoms with Gasteiger partial charge in [-0.1, -0.05) is 12.1 Å². The summed E-state index contributed by atoms with van der Waals surface area (Å²) in [5.41, 5.74) is 1.61.